The Bertz CT molecular complexity index is 475. The molecule has 1 aromatic carbocycles. The molecule has 90 valence electrons. The molecule has 17 heavy (non-hydrogen) atoms. The minimum Gasteiger partial charge on any atom is -0.481 e. The lowest BCUT2D eigenvalue weighted by Crippen LogP contribution is -2.35. The summed E-state index contributed by atoms with van der Waals surface area (Å²) in [4.78, 5) is 23.9. The van der Waals surface area contributed by atoms with E-state index < -0.39 is 23.7 Å². The van der Waals surface area contributed by atoms with Crippen molar-refractivity contribution in [1.82, 2.24) is 0 Å². The van der Waals surface area contributed by atoms with E-state index in [0.29, 0.717) is 0 Å². The van der Waals surface area contributed by atoms with Gasteiger partial charge in [0.25, 0.3) is 0 Å². The van der Waals surface area contributed by atoms with E-state index in [1.165, 1.54) is 23.1 Å². The molecule has 2 atom stereocenters. The molecular weight excluding hydrogens is 225 g/mol. The van der Waals surface area contributed by atoms with Gasteiger partial charge in [0.2, 0.25) is 5.91 Å². The van der Waals surface area contributed by atoms with E-state index in [1.54, 1.807) is 13.0 Å². The van der Waals surface area contributed by atoms with Crippen molar-refractivity contribution in [1.29, 1.82) is 0 Å². The summed E-state index contributed by atoms with van der Waals surface area (Å²) in [5.41, 5.74) is 0.147. The lowest BCUT2D eigenvalue weighted by atomic mass is 10.0. The van der Waals surface area contributed by atoms with Gasteiger partial charge in [0.1, 0.15) is 5.82 Å². The molecule has 1 aliphatic heterocycles. The standard InChI is InChI=1S/C12H12FNO3/c1-7-8(12(16)17)6-11(15)14(7)10-5-3-2-4-9(10)13/h2-5,7-8H,6H2,1H3,(H,16,17). The van der Waals surface area contributed by atoms with Gasteiger partial charge in [0.05, 0.1) is 11.6 Å². The molecule has 5 heteroatoms. The van der Waals surface area contributed by atoms with Crippen LogP contribution >= 0.6 is 0 Å². The molecule has 1 saturated heterocycles. The fraction of sp³-hybridized carbons (Fsp3) is 0.333. The van der Waals surface area contributed by atoms with Crippen LogP contribution in [0.5, 0.6) is 0 Å². The molecule has 1 aliphatic rings. The minimum absolute atomic E-state index is 0.0785. The first-order chi connectivity index (χ1) is 8.02. The third kappa shape index (κ3) is 1.88. The van der Waals surface area contributed by atoms with Crippen molar-refractivity contribution in [3.8, 4) is 0 Å². The highest BCUT2D eigenvalue weighted by Gasteiger charge is 2.42. The molecular formula is C12H12FNO3. The first-order valence-electron chi connectivity index (χ1n) is 5.31. The van der Waals surface area contributed by atoms with E-state index in [0.717, 1.165) is 0 Å². The van der Waals surface area contributed by atoms with Crippen LogP contribution in [0.2, 0.25) is 0 Å². The van der Waals surface area contributed by atoms with Crippen LogP contribution in [0, 0.1) is 11.7 Å². The van der Waals surface area contributed by atoms with Crippen LogP contribution in [0.1, 0.15) is 13.3 Å². The average Bonchev–Trinajstić information content (AvgIpc) is 2.56. The van der Waals surface area contributed by atoms with Gasteiger partial charge in [0, 0.05) is 12.5 Å². The Morgan fingerprint density at radius 2 is 2.12 bits per heavy atom. The maximum Gasteiger partial charge on any atom is 0.309 e. The number of halogens is 1. The zero-order valence-corrected chi connectivity index (χ0v) is 9.26. The van der Waals surface area contributed by atoms with Gasteiger partial charge in [-0.1, -0.05) is 12.1 Å². The number of hydrogen-bond donors (Lipinski definition) is 1. The first-order valence-corrected chi connectivity index (χ1v) is 5.31. The van der Waals surface area contributed by atoms with E-state index in [1.807, 2.05) is 0 Å². The quantitative estimate of drug-likeness (QED) is 0.850. The highest BCUT2D eigenvalue weighted by atomic mass is 19.1. The molecule has 0 bridgehead atoms. The average molecular weight is 237 g/mol. The zero-order valence-electron chi connectivity index (χ0n) is 9.26. The molecule has 0 spiro atoms. The zero-order chi connectivity index (χ0) is 12.6. The Kier molecular flexibility index (Phi) is 2.83. The molecule has 0 aromatic heterocycles. The fourth-order valence-electron chi connectivity index (χ4n) is 2.16. The van der Waals surface area contributed by atoms with Crippen molar-refractivity contribution in [3.05, 3.63) is 30.1 Å². The van der Waals surface area contributed by atoms with Crippen molar-refractivity contribution >= 4 is 17.6 Å². The van der Waals surface area contributed by atoms with Gasteiger partial charge in [0.15, 0.2) is 0 Å². The van der Waals surface area contributed by atoms with Crippen LogP contribution < -0.4 is 4.90 Å². The van der Waals surface area contributed by atoms with Gasteiger partial charge >= 0.3 is 5.97 Å². The largest absolute Gasteiger partial charge is 0.481 e. The van der Waals surface area contributed by atoms with E-state index >= 15 is 0 Å². The van der Waals surface area contributed by atoms with Crippen molar-refractivity contribution in [2.45, 2.75) is 19.4 Å². The number of anilines is 1. The molecule has 1 fully saturated rings. The van der Waals surface area contributed by atoms with E-state index in [9.17, 15) is 14.0 Å². The van der Waals surface area contributed by atoms with Crippen LogP contribution in [-0.2, 0) is 9.59 Å². The maximum absolute atomic E-state index is 13.6. The minimum atomic E-state index is -1.02. The molecule has 4 nitrogen and oxygen atoms in total. The summed E-state index contributed by atoms with van der Waals surface area (Å²) in [7, 11) is 0. The highest BCUT2D eigenvalue weighted by Crippen LogP contribution is 2.32. The SMILES string of the molecule is CC1C(C(=O)O)CC(=O)N1c1ccccc1F. The summed E-state index contributed by atoms with van der Waals surface area (Å²) in [6, 6.07) is 5.35. The van der Waals surface area contributed by atoms with Crippen LogP contribution in [-0.4, -0.2) is 23.0 Å². The normalized spacial score (nSPS) is 24.1. The molecule has 0 saturated carbocycles. The van der Waals surface area contributed by atoms with Gasteiger partial charge in [-0.3, -0.25) is 9.59 Å². The summed E-state index contributed by atoms with van der Waals surface area (Å²) in [6.07, 6.45) is -0.0785. The molecule has 0 aliphatic carbocycles. The second-order valence-corrected chi connectivity index (χ2v) is 4.10. The van der Waals surface area contributed by atoms with E-state index in [4.69, 9.17) is 5.11 Å². The number of carboxylic acids is 1. The Morgan fingerprint density at radius 3 is 2.65 bits per heavy atom. The molecule has 1 heterocycles. The smallest absolute Gasteiger partial charge is 0.309 e. The highest BCUT2D eigenvalue weighted by molar-refractivity contribution is 6.00. The van der Waals surface area contributed by atoms with Crippen molar-refractivity contribution in [3.63, 3.8) is 0 Å². The molecule has 0 radical (unpaired) electrons. The topological polar surface area (TPSA) is 57.6 Å². The van der Waals surface area contributed by atoms with Crippen molar-refractivity contribution < 1.29 is 19.1 Å². The molecule has 2 unspecified atom stereocenters. The van der Waals surface area contributed by atoms with Gasteiger partial charge in [-0.25, -0.2) is 4.39 Å². The second-order valence-electron chi connectivity index (χ2n) is 4.10. The molecule has 1 aromatic rings. The first kappa shape index (κ1) is 11.6. The number of carbonyl (C=O) groups is 2. The summed E-state index contributed by atoms with van der Waals surface area (Å²) in [5.74, 6) is -2.67. The van der Waals surface area contributed by atoms with Crippen LogP contribution in [0.4, 0.5) is 10.1 Å². The summed E-state index contributed by atoms with van der Waals surface area (Å²) in [6.45, 7) is 1.62. The Morgan fingerprint density at radius 1 is 1.47 bits per heavy atom. The predicted octanol–water partition coefficient (Wildman–Crippen LogP) is 1.65. The van der Waals surface area contributed by atoms with E-state index in [2.05, 4.69) is 0 Å². The second kappa shape index (κ2) is 4.16. The summed E-state index contributed by atoms with van der Waals surface area (Å²) >= 11 is 0. The number of benzene rings is 1. The Hall–Kier alpha value is -1.91. The lowest BCUT2D eigenvalue weighted by Gasteiger charge is -2.23. The third-order valence-corrected chi connectivity index (χ3v) is 3.08. The Balaban J connectivity index is 2.37. The Labute approximate surface area is 97.7 Å². The van der Waals surface area contributed by atoms with Crippen LogP contribution in [0.15, 0.2) is 24.3 Å². The number of carbonyl (C=O) groups excluding carboxylic acids is 1. The lowest BCUT2D eigenvalue weighted by molar-refractivity contribution is -0.142. The third-order valence-electron chi connectivity index (χ3n) is 3.08. The van der Waals surface area contributed by atoms with Crippen molar-refractivity contribution in [2.75, 3.05) is 4.90 Å². The maximum atomic E-state index is 13.6. The van der Waals surface area contributed by atoms with E-state index in [-0.39, 0.29) is 18.0 Å². The monoisotopic (exact) mass is 237 g/mol. The van der Waals surface area contributed by atoms with Gasteiger partial charge < -0.3 is 10.0 Å². The van der Waals surface area contributed by atoms with Gasteiger partial charge in [-0.15, -0.1) is 0 Å². The molecule has 1 N–H and O–H groups in total. The van der Waals surface area contributed by atoms with Crippen LogP contribution in [0.3, 0.4) is 0 Å². The predicted molar refractivity (Wildman–Crippen MR) is 59.1 cm³/mol. The van der Waals surface area contributed by atoms with Crippen LogP contribution in [0.25, 0.3) is 0 Å². The number of nitrogens with zero attached hydrogens (tertiary/aromatic N) is 1. The number of para-hydroxylation sites is 1. The fourth-order valence-corrected chi connectivity index (χ4v) is 2.16. The van der Waals surface area contributed by atoms with Crippen molar-refractivity contribution in [2.24, 2.45) is 5.92 Å². The molecule has 1 amide bonds. The van der Waals surface area contributed by atoms with Gasteiger partial charge in [-0.2, -0.15) is 0 Å². The summed E-state index contributed by atoms with van der Waals surface area (Å²) in [5, 5.41) is 8.96. The number of carboxylic acid groups (broad SMARTS) is 1. The number of aliphatic carboxylic acids is 1. The summed E-state index contributed by atoms with van der Waals surface area (Å²) < 4.78 is 13.6. The van der Waals surface area contributed by atoms with Gasteiger partial charge in [-0.05, 0) is 19.1 Å². The number of rotatable bonds is 2. The molecule has 2 rings (SSSR count). The number of hydrogen-bond acceptors (Lipinski definition) is 2. The number of amides is 1.